The predicted octanol–water partition coefficient (Wildman–Crippen LogP) is 4.74. The summed E-state index contributed by atoms with van der Waals surface area (Å²) in [6, 6.07) is 7.95. The zero-order valence-corrected chi connectivity index (χ0v) is 12.6. The van der Waals surface area contributed by atoms with Crippen molar-refractivity contribution in [3.8, 4) is 0 Å². The normalized spacial score (nSPS) is 32.8. The summed E-state index contributed by atoms with van der Waals surface area (Å²) < 4.78 is 28.7. The van der Waals surface area contributed by atoms with Crippen LogP contribution in [0.15, 0.2) is 29.2 Å². The van der Waals surface area contributed by atoms with Crippen molar-refractivity contribution in [2.75, 3.05) is 0 Å². The van der Waals surface area contributed by atoms with Crippen LogP contribution >= 0.6 is 0 Å². The van der Waals surface area contributed by atoms with Gasteiger partial charge in [-0.2, -0.15) is 8.78 Å². The molecule has 1 aliphatic carbocycles. The Morgan fingerprint density at radius 1 is 1.11 bits per heavy atom. The first-order valence-electron chi connectivity index (χ1n) is 7.01. The SMILES string of the molecule is CC(C)(C)c1ccc([S+]2C3CCC(C3)C2(F)F)cc1. The second-order valence-electron chi connectivity index (χ2n) is 6.81. The molecule has 0 nitrogen and oxygen atoms in total. The summed E-state index contributed by atoms with van der Waals surface area (Å²) in [4.78, 5) is 0.866. The van der Waals surface area contributed by atoms with Crippen molar-refractivity contribution in [3.63, 3.8) is 0 Å². The summed E-state index contributed by atoms with van der Waals surface area (Å²) in [6.45, 7) is 6.45. The first kappa shape index (κ1) is 13.4. The number of fused-ring (bicyclic) bond motifs is 2. The van der Waals surface area contributed by atoms with Gasteiger partial charge in [-0.3, -0.25) is 0 Å². The second-order valence-corrected chi connectivity index (χ2v) is 9.16. The second kappa shape index (κ2) is 4.21. The van der Waals surface area contributed by atoms with Crippen molar-refractivity contribution in [2.24, 2.45) is 5.92 Å². The zero-order chi connectivity index (χ0) is 13.8. The standard InChI is InChI=1S/C16H21F2S/c1-15(2,3)11-4-7-13(8-5-11)19-14-9-6-12(10-14)16(19,17)18/h4-5,7-8,12,14H,6,9-10H2,1-3H3/q+1. The largest absolute Gasteiger partial charge is 0.417 e. The van der Waals surface area contributed by atoms with Gasteiger partial charge in [0.2, 0.25) is 0 Å². The van der Waals surface area contributed by atoms with Gasteiger partial charge in [-0.25, -0.2) is 0 Å². The Morgan fingerprint density at radius 2 is 1.74 bits per heavy atom. The van der Waals surface area contributed by atoms with Crippen LogP contribution in [-0.4, -0.2) is 10.5 Å². The molecule has 3 unspecified atom stereocenters. The van der Waals surface area contributed by atoms with Crippen LogP contribution in [0.5, 0.6) is 0 Å². The van der Waals surface area contributed by atoms with Gasteiger partial charge in [-0.1, -0.05) is 32.9 Å². The van der Waals surface area contributed by atoms with Gasteiger partial charge in [0.1, 0.15) is 16.1 Å². The van der Waals surface area contributed by atoms with Crippen LogP contribution in [0.3, 0.4) is 0 Å². The van der Waals surface area contributed by atoms with Gasteiger partial charge in [-0.05, 0) is 36.0 Å². The third-order valence-corrected chi connectivity index (χ3v) is 7.26. The van der Waals surface area contributed by atoms with Crippen molar-refractivity contribution in [1.82, 2.24) is 0 Å². The Kier molecular flexibility index (Phi) is 2.97. The molecule has 1 saturated heterocycles. The number of hydrogen-bond donors (Lipinski definition) is 0. The van der Waals surface area contributed by atoms with E-state index in [4.69, 9.17) is 0 Å². The Hall–Kier alpha value is -0.570. The average Bonchev–Trinajstić information content (AvgIpc) is 2.86. The Balaban J connectivity index is 1.91. The molecular formula is C16H21F2S+. The molecule has 0 spiro atoms. The van der Waals surface area contributed by atoms with Crippen LogP contribution in [0.4, 0.5) is 8.78 Å². The minimum atomic E-state index is -2.47. The molecule has 1 aromatic carbocycles. The third kappa shape index (κ3) is 2.10. The molecule has 0 radical (unpaired) electrons. The Morgan fingerprint density at radius 3 is 2.21 bits per heavy atom. The quantitative estimate of drug-likeness (QED) is 0.653. The molecule has 19 heavy (non-hydrogen) atoms. The van der Waals surface area contributed by atoms with Gasteiger partial charge >= 0.3 is 5.25 Å². The maximum absolute atomic E-state index is 14.3. The molecular weight excluding hydrogens is 262 g/mol. The predicted molar refractivity (Wildman–Crippen MR) is 76.8 cm³/mol. The molecule has 2 bridgehead atoms. The maximum Gasteiger partial charge on any atom is 0.417 e. The lowest BCUT2D eigenvalue weighted by Gasteiger charge is -2.23. The minimum absolute atomic E-state index is 0.0822. The molecule has 1 saturated carbocycles. The molecule has 0 N–H and O–H groups in total. The van der Waals surface area contributed by atoms with E-state index in [1.165, 1.54) is 5.56 Å². The molecule has 3 atom stereocenters. The van der Waals surface area contributed by atoms with Crippen LogP contribution in [0.25, 0.3) is 0 Å². The van der Waals surface area contributed by atoms with Gasteiger partial charge in [0, 0.05) is 6.42 Å². The highest BCUT2D eigenvalue weighted by molar-refractivity contribution is 7.98. The fraction of sp³-hybridized carbons (Fsp3) is 0.625. The van der Waals surface area contributed by atoms with Gasteiger partial charge in [-0.15, -0.1) is 0 Å². The summed E-state index contributed by atoms with van der Waals surface area (Å²) in [7, 11) is -0.857. The molecule has 3 rings (SSSR count). The zero-order valence-electron chi connectivity index (χ0n) is 11.7. The number of hydrogen-bond acceptors (Lipinski definition) is 0. The van der Waals surface area contributed by atoms with E-state index >= 15 is 0 Å². The van der Waals surface area contributed by atoms with Gasteiger partial charge in [0.15, 0.2) is 4.90 Å². The van der Waals surface area contributed by atoms with Gasteiger partial charge in [0.25, 0.3) is 0 Å². The lowest BCUT2D eigenvalue weighted by atomic mass is 9.87. The van der Waals surface area contributed by atoms with Gasteiger partial charge < -0.3 is 0 Å². The number of benzene rings is 1. The molecule has 1 heterocycles. The van der Waals surface area contributed by atoms with Crippen LogP contribution < -0.4 is 0 Å². The molecule has 3 heteroatoms. The van der Waals surface area contributed by atoms with Crippen LogP contribution in [0, 0.1) is 5.92 Å². The van der Waals surface area contributed by atoms with E-state index in [1.807, 2.05) is 24.3 Å². The van der Waals surface area contributed by atoms with E-state index in [-0.39, 0.29) is 16.6 Å². The highest BCUT2D eigenvalue weighted by Crippen LogP contribution is 2.57. The summed E-state index contributed by atoms with van der Waals surface area (Å²) in [5, 5.41) is -2.24. The van der Waals surface area contributed by atoms with E-state index in [2.05, 4.69) is 20.8 Å². The van der Waals surface area contributed by atoms with Crippen molar-refractivity contribution in [2.45, 2.75) is 60.8 Å². The monoisotopic (exact) mass is 283 g/mol. The third-order valence-electron chi connectivity index (χ3n) is 4.46. The summed E-state index contributed by atoms with van der Waals surface area (Å²) in [6.07, 6.45) is 2.45. The number of halogens is 2. The summed E-state index contributed by atoms with van der Waals surface area (Å²) >= 11 is 0. The molecule has 2 aliphatic rings. The highest BCUT2D eigenvalue weighted by Gasteiger charge is 2.70. The van der Waals surface area contributed by atoms with E-state index < -0.39 is 16.1 Å². The molecule has 0 aromatic heterocycles. The first-order chi connectivity index (χ1) is 8.80. The first-order valence-corrected chi connectivity index (χ1v) is 8.30. The fourth-order valence-corrected chi connectivity index (χ4v) is 6.25. The Bertz CT molecular complexity index is 473. The van der Waals surface area contributed by atoms with E-state index in [1.54, 1.807) is 0 Å². The number of rotatable bonds is 1. The minimum Gasteiger partial charge on any atom is -0.153 e. The van der Waals surface area contributed by atoms with Crippen LogP contribution in [0.1, 0.15) is 45.6 Å². The fourth-order valence-electron chi connectivity index (χ4n) is 3.31. The molecule has 0 amide bonds. The lowest BCUT2D eigenvalue weighted by Crippen LogP contribution is -2.36. The van der Waals surface area contributed by atoms with E-state index in [0.29, 0.717) is 0 Å². The molecule has 1 aromatic rings. The van der Waals surface area contributed by atoms with E-state index in [0.717, 1.165) is 24.2 Å². The number of alkyl halides is 2. The average molecular weight is 283 g/mol. The summed E-state index contributed by atoms with van der Waals surface area (Å²) in [5.41, 5.74) is 1.30. The van der Waals surface area contributed by atoms with Gasteiger partial charge in [0.05, 0.1) is 5.92 Å². The van der Waals surface area contributed by atoms with E-state index in [9.17, 15) is 8.78 Å². The molecule has 2 fully saturated rings. The Labute approximate surface area is 116 Å². The topological polar surface area (TPSA) is 0 Å². The maximum atomic E-state index is 14.3. The van der Waals surface area contributed by atoms with Crippen molar-refractivity contribution < 1.29 is 8.78 Å². The summed E-state index contributed by atoms with van der Waals surface area (Å²) in [5.74, 6) is -0.358. The smallest absolute Gasteiger partial charge is 0.153 e. The van der Waals surface area contributed by atoms with Crippen molar-refractivity contribution in [3.05, 3.63) is 29.8 Å². The van der Waals surface area contributed by atoms with Crippen LogP contribution in [-0.2, 0) is 16.3 Å². The lowest BCUT2D eigenvalue weighted by molar-refractivity contribution is 0.0431. The molecule has 1 aliphatic heterocycles. The van der Waals surface area contributed by atoms with Crippen molar-refractivity contribution >= 4 is 10.9 Å². The van der Waals surface area contributed by atoms with Crippen molar-refractivity contribution in [1.29, 1.82) is 0 Å². The molecule has 104 valence electrons. The van der Waals surface area contributed by atoms with Crippen LogP contribution in [0.2, 0.25) is 0 Å². The highest BCUT2D eigenvalue weighted by atomic mass is 32.2.